The van der Waals surface area contributed by atoms with Crippen molar-refractivity contribution in [2.45, 2.75) is 6.92 Å². The number of nitrogens with zero attached hydrogens (tertiary/aromatic N) is 2. The first-order chi connectivity index (χ1) is 9.61. The van der Waals surface area contributed by atoms with Crippen LogP contribution in [0.1, 0.15) is 15.4 Å². The molecule has 0 aliphatic carbocycles. The maximum atomic E-state index is 12.4. The number of fused-ring (bicyclic) bond motifs is 1. The van der Waals surface area contributed by atoms with Crippen molar-refractivity contribution < 1.29 is 9.90 Å². The molecule has 0 radical (unpaired) electrons. The Bertz CT molecular complexity index is 880. The number of aryl methyl sites for hydroxylation is 1. The van der Waals surface area contributed by atoms with Crippen LogP contribution in [-0.4, -0.2) is 20.9 Å². The van der Waals surface area contributed by atoms with Gasteiger partial charge in [0.1, 0.15) is 5.75 Å². The second-order valence-corrected chi connectivity index (χ2v) is 5.30. The van der Waals surface area contributed by atoms with Gasteiger partial charge >= 0.3 is 0 Å². The van der Waals surface area contributed by atoms with Gasteiger partial charge in [0.25, 0.3) is 5.56 Å². The topological polar surface area (TPSA) is 72.2 Å². The summed E-state index contributed by atoms with van der Waals surface area (Å²) < 4.78 is 1.38. The largest absolute Gasteiger partial charge is 0.507 e. The Morgan fingerprint density at radius 2 is 2.10 bits per heavy atom. The normalized spacial score (nSPS) is 10.8. The standard InChI is InChI=1S/C14H10N2O3S/c1-8-12(7-17)20-14(15-8)16-6-5-9-10(13(16)19)3-2-4-11(9)18/h2-7,18H,1H3. The minimum Gasteiger partial charge on any atom is -0.507 e. The van der Waals surface area contributed by atoms with E-state index < -0.39 is 0 Å². The molecule has 0 atom stereocenters. The summed E-state index contributed by atoms with van der Waals surface area (Å²) in [6.07, 6.45) is 2.28. The van der Waals surface area contributed by atoms with Crippen LogP contribution in [-0.2, 0) is 0 Å². The first kappa shape index (κ1) is 12.6. The molecule has 2 aromatic heterocycles. The van der Waals surface area contributed by atoms with Crippen molar-refractivity contribution >= 4 is 28.4 Å². The molecule has 0 aliphatic heterocycles. The first-order valence-electron chi connectivity index (χ1n) is 5.88. The maximum Gasteiger partial charge on any atom is 0.264 e. The van der Waals surface area contributed by atoms with Crippen molar-refractivity contribution in [3.63, 3.8) is 0 Å². The number of phenols is 1. The third kappa shape index (κ3) is 1.81. The molecule has 0 fully saturated rings. The molecule has 2 heterocycles. The summed E-state index contributed by atoms with van der Waals surface area (Å²) >= 11 is 1.16. The molecule has 3 aromatic rings. The van der Waals surface area contributed by atoms with Crippen LogP contribution in [0.25, 0.3) is 15.9 Å². The van der Waals surface area contributed by atoms with Crippen LogP contribution in [0.5, 0.6) is 5.75 Å². The Kier molecular flexibility index (Phi) is 2.87. The van der Waals surface area contributed by atoms with Gasteiger partial charge in [-0.3, -0.25) is 14.2 Å². The van der Waals surface area contributed by atoms with Crippen LogP contribution in [0.2, 0.25) is 0 Å². The molecule has 0 amide bonds. The molecule has 3 rings (SSSR count). The molecule has 0 aliphatic rings. The number of benzene rings is 1. The van der Waals surface area contributed by atoms with E-state index in [9.17, 15) is 14.7 Å². The third-order valence-corrected chi connectivity index (χ3v) is 4.14. The van der Waals surface area contributed by atoms with Gasteiger partial charge in [-0.2, -0.15) is 0 Å². The number of carbonyl (C=O) groups excluding carboxylic acids is 1. The number of rotatable bonds is 2. The monoisotopic (exact) mass is 286 g/mol. The molecule has 0 saturated heterocycles. The third-order valence-electron chi connectivity index (χ3n) is 3.06. The Labute approximate surface area is 117 Å². The van der Waals surface area contributed by atoms with E-state index in [-0.39, 0.29) is 11.3 Å². The van der Waals surface area contributed by atoms with Crippen molar-refractivity contribution in [1.82, 2.24) is 9.55 Å². The summed E-state index contributed by atoms with van der Waals surface area (Å²) in [7, 11) is 0. The van der Waals surface area contributed by atoms with Gasteiger partial charge in [-0.1, -0.05) is 17.4 Å². The highest BCUT2D eigenvalue weighted by Gasteiger charge is 2.12. The van der Waals surface area contributed by atoms with E-state index in [2.05, 4.69) is 4.98 Å². The van der Waals surface area contributed by atoms with E-state index in [1.807, 2.05) is 0 Å². The molecule has 0 spiro atoms. The quantitative estimate of drug-likeness (QED) is 0.733. The first-order valence-corrected chi connectivity index (χ1v) is 6.70. The van der Waals surface area contributed by atoms with Crippen LogP contribution in [0, 0.1) is 6.92 Å². The fourth-order valence-corrected chi connectivity index (χ4v) is 2.88. The van der Waals surface area contributed by atoms with Crippen molar-refractivity contribution in [2.75, 3.05) is 0 Å². The summed E-state index contributed by atoms with van der Waals surface area (Å²) in [5.41, 5.74) is 0.326. The molecular weight excluding hydrogens is 276 g/mol. The molecule has 100 valence electrons. The van der Waals surface area contributed by atoms with Crippen LogP contribution >= 0.6 is 11.3 Å². The number of pyridine rings is 1. The fourth-order valence-electron chi connectivity index (χ4n) is 2.02. The number of aldehydes is 1. The minimum absolute atomic E-state index is 0.0654. The summed E-state index contributed by atoms with van der Waals surface area (Å²) in [5.74, 6) is 0.0654. The van der Waals surface area contributed by atoms with E-state index in [4.69, 9.17) is 0 Å². The number of thiazole rings is 1. The molecule has 6 heteroatoms. The Morgan fingerprint density at radius 1 is 1.30 bits per heavy atom. The lowest BCUT2D eigenvalue weighted by atomic mass is 10.1. The Balaban J connectivity index is 2.29. The van der Waals surface area contributed by atoms with Gasteiger partial charge in [0.15, 0.2) is 11.4 Å². The lowest BCUT2D eigenvalue weighted by Gasteiger charge is -2.04. The number of aromatic nitrogens is 2. The van der Waals surface area contributed by atoms with Crippen LogP contribution in [0.3, 0.4) is 0 Å². The maximum absolute atomic E-state index is 12.4. The van der Waals surface area contributed by atoms with Gasteiger partial charge < -0.3 is 5.11 Å². The summed E-state index contributed by atoms with van der Waals surface area (Å²) in [6.45, 7) is 1.72. The van der Waals surface area contributed by atoms with Crippen molar-refractivity contribution in [3.05, 3.63) is 51.4 Å². The molecule has 0 bridgehead atoms. The van der Waals surface area contributed by atoms with Crippen molar-refractivity contribution in [3.8, 4) is 10.9 Å². The zero-order valence-corrected chi connectivity index (χ0v) is 11.3. The Morgan fingerprint density at radius 3 is 2.80 bits per heavy atom. The zero-order valence-electron chi connectivity index (χ0n) is 10.5. The van der Waals surface area contributed by atoms with E-state index in [1.165, 1.54) is 10.6 Å². The van der Waals surface area contributed by atoms with Gasteiger partial charge in [-0.25, -0.2) is 4.98 Å². The number of hydrogen-bond acceptors (Lipinski definition) is 5. The highest BCUT2D eigenvalue weighted by Crippen LogP contribution is 2.23. The SMILES string of the molecule is Cc1nc(-n2ccc3c(O)cccc3c2=O)sc1C=O. The van der Waals surface area contributed by atoms with Gasteiger partial charge in [0.05, 0.1) is 16.0 Å². The second kappa shape index (κ2) is 4.57. The number of phenolic OH excluding ortho intramolecular Hbond substituents is 1. The summed E-state index contributed by atoms with van der Waals surface area (Å²) in [5, 5.41) is 11.1. The van der Waals surface area contributed by atoms with Gasteiger partial charge in [0, 0.05) is 11.6 Å². The van der Waals surface area contributed by atoms with Crippen LogP contribution in [0.4, 0.5) is 0 Å². The van der Waals surface area contributed by atoms with E-state index in [1.54, 1.807) is 31.3 Å². The Hall–Kier alpha value is -2.47. The molecule has 0 saturated carbocycles. The fraction of sp³-hybridized carbons (Fsp3) is 0.0714. The molecule has 5 nitrogen and oxygen atoms in total. The highest BCUT2D eigenvalue weighted by atomic mass is 32.1. The van der Waals surface area contributed by atoms with E-state index >= 15 is 0 Å². The molecular formula is C14H10N2O3S. The van der Waals surface area contributed by atoms with E-state index in [0.29, 0.717) is 26.5 Å². The number of aromatic hydroxyl groups is 1. The summed E-state index contributed by atoms with van der Waals surface area (Å²) in [4.78, 5) is 28.0. The van der Waals surface area contributed by atoms with Crippen molar-refractivity contribution in [2.24, 2.45) is 0 Å². The number of hydrogen-bond donors (Lipinski definition) is 1. The van der Waals surface area contributed by atoms with Gasteiger partial charge in [0.2, 0.25) is 0 Å². The molecule has 1 aromatic carbocycles. The molecule has 20 heavy (non-hydrogen) atoms. The lowest BCUT2D eigenvalue weighted by Crippen LogP contribution is -2.17. The van der Waals surface area contributed by atoms with Crippen molar-refractivity contribution in [1.29, 1.82) is 0 Å². The second-order valence-electron chi connectivity index (χ2n) is 4.29. The lowest BCUT2D eigenvalue weighted by molar-refractivity contribution is 0.112. The predicted molar refractivity (Wildman–Crippen MR) is 77.0 cm³/mol. The van der Waals surface area contributed by atoms with Gasteiger partial charge in [-0.05, 0) is 25.1 Å². The van der Waals surface area contributed by atoms with E-state index in [0.717, 1.165) is 17.6 Å². The van der Waals surface area contributed by atoms with Gasteiger partial charge in [-0.15, -0.1) is 0 Å². The molecule has 0 unspecified atom stereocenters. The predicted octanol–water partition coefficient (Wildman–Crippen LogP) is 2.27. The average Bonchev–Trinajstić information content (AvgIpc) is 2.81. The average molecular weight is 286 g/mol. The summed E-state index contributed by atoms with van der Waals surface area (Å²) in [6, 6.07) is 6.45. The van der Waals surface area contributed by atoms with Crippen LogP contribution < -0.4 is 5.56 Å². The number of carbonyl (C=O) groups is 1. The molecule has 1 N–H and O–H groups in total. The smallest absolute Gasteiger partial charge is 0.264 e. The minimum atomic E-state index is -0.274. The highest BCUT2D eigenvalue weighted by molar-refractivity contribution is 7.15. The van der Waals surface area contributed by atoms with Crippen LogP contribution in [0.15, 0.2) is 35.3 Å². The zero-order chi connectivity index (χ0) is 14.3.